The lowest BCUT2D eigenvalue weighted by molar-refractivity contribution is -0.143. The molecule has 4 aromatic rings. The van der Waals surface area contributed by atoms with Gasteiger partial charge in [0.2, 0.25) is 0 Å². The van der Waals surface area contributed by atoms with Crippen molar-refractivity contribution in [2.75, 3.05) is 4.90 Å². The lowest BCUT2D eigenvalue weighted by atomic mass is 10.0. The molecule has 0 saturated heterocycles. The first-order valence-electron chi connectivity index (χ1n) is 9.57. The summed E-state index contributed by atoms with van der Waals surface area (Å²) in [6.07, 6.45) is -6.47. The molecule has 3 aromatic heterocycles. The number of aromatic nitrogens is 6. The molecule has 0 spiro atoms. The third-order valence-electron chi connectivity index (χ3n) is 4.94. The standard InChI is InChI=1S/C20H17F6N7/c1-31-4-3-14-5-13(9-27-17(14)31)11-33(18-28-30-32(2)29-18)10-12-6-15(19(21,22)23)8-16(7-12)20(24,25)26/h3-9H,10-11H2,1-2H3. The third kappa shape index (κ3) is 4.91. The molecule has 0 aliphatic rings. The Morgan fingerprint density at radius 1 is 0.879 bits per heavy atom. The molecular formula is C20H17F6N7. The van der Waals surface area contributed by atoms with E-state index in [1.54, 1.807) is 6.20 Å². The second-order valence-corrected chi connectivity index (χ2v) is 7.53. The molecule has 0 radical (unpaired) electrons. The normalized spacial score (nSPS) is 12.5. The van der Waals surface area contributed by atoms with Crippen LogP contribution >= 0.6 is 0 Å². The Morgan fingerprint density at radius 3 is 2.09 bits per heavy atom. The Kier molecular flexibility index (Phi) is 5.50. The van der Waals surface area contributed by atoms with Gasteiger partial charge in [-0.2, -0.15) is 31.1 Å². The summed E-state index contributed by atoms with van der Waals surface area (Å²) in [5.41, 5.74) is -1.56. The summed E-state index contributed by atoms with van der Waals surface area (Å²) in [6, 6.07) is 5.16. The molecule has 0 aliphatic heterocycles. The van der Waals surface area contributed by atoms with Crippen molar-refractivity contribution in [3.63, 3.8) is 0 Å². The van der Waals surface area contributed by atoms with E-state index in [4.69, 9.17) is 0 Å². The zero-order valence-corrected chi connectivity index (χ0v) is 17.4. The van der Waals surface area contributed by atoms with Gasteiger partial charge in [-0.1, -0.05) is 5.10 Å². The number of pyridine rings is 1. The molecule has 33 heavy (non-hydrogen) atoms. The number of rotatable bonds is 5. The van der Waals surface area contributed by atoms with E-state index < -0.39 is 23.5 Å². The van der Waals surface area contributed by atoms with Gasteiger partial charge in [-0.05, 0) is 46.7 Å². The van der Waals surface area contributed by atoms with Crippen LogP contribution in [0.1, 0.15) is 22.3 Å². The predicted molar refractivity (Wildman–Crippen MR) is 106 cm³/mol. The van der Waals surface area contributed by atoms with Gasteiger partial charge in [0.25, 0.3) is 5.95 Å². The number of halogens is 6. The molecule has 0 bridgehead atoms. The van der Waals surface area contributed by atoms with Crippen molar-refractivity contribution >= 4 is 17.0 Å². The van der Waals surface area contributed by atoms with Crippen LogP contribution in [0.5, 0.6) is 0 Å². The van der Waals surface area contributed by atoms with Crippen LogP contribution < -0.4 is 4.90 Å². The molecule has 0 aliphatic carbocycles. The number of anilines is 1. The minimum Gasteiger partial charge on any atom is -0.336 e. The van der Waals surface area contributed by atoms with Gasteiger partial charge in [0.15, 0.2) is 0 Å². The lowest BCUT2D eigenvalue weighted by Gasteiger charge is -2.22. The Labute approximate surface area is 183 Å². The van der Waals surface area contributed by atoms with Crippen LogP contribution in [0.4, 0.5) is 32.3 Å². The quantitative estimate of drug-likeness (QED) is 0.407. The Bertz CT molecular complexity index is 1260. The van der Waals surface area contributed by atoms with Crippen LogP contribution in [-0.2, 0) is 39.5 Å². The van der Waals surface area contributed by atoms with Gasteiger partial charge >= 0.3 is 12.4 Å². The van der Waals surface area contributed by atoms with Gasteiger partial charge in [0.05, 0.1) is 18.2 Å². The number of hydrogen-bond donors (Lipinski definition) is 0. The second kappa shape index (κ2) is 8.05. The molecule has 1 aromatic carbocycles. The van der Waals surface area contributed by atoms with Crippen LogP contribution in [0.2, 0.25) is 0 Å². The fourth-order valence-corrected chi connectivity index (χ4v) is 3.44. The first-order chi connectivity index (χ1) is 15.4. The zero-order chi connectivity index (χ0) is 24.0. The topological polar surface area (TPSA) is 64.7 Å². The van der Waals surface area contributed by atoms with E-state index in [-0.39, 0.29) is 30.7 Å². The molecule has 4 rings (SSSR count). The summed E-state index contributed by atoms with van der Waals surface area (Å²) in [5, 5.41) is 12.5. The van der Waals surface area contributed by atoms with Crippen molar-refractivity contribution < 1.29 is 26.3 Å². The van der Waals surface area contributed by atoms with Gasteiger partial charge in [0.1, 0.15) is 5.65 Å². The van der Waals surface area contributed by atoms with E-state index in [0.717, 1.165) is 15.8 Å². The molecule has 0 amide bonds. The first-order valence-corrected chi connectivity index (χ1v) is 9.57. The van der Waals surface area contributed by atoms with Gasteiger partial charge < -0.3 is 9.47 Å². The van der Waals surface area contributed by atoms with Crippen molar-refractivity contribution in [2.45, 2.75) is 25.4 Å². The molecular weight excluding hydrogens is 452 g/mol. The number of benzene rings is 1. The van der Waals surface area contributed by atoms with Gasteiger partial charge in [0, 0.05) is 37.9 Å². The van der Waals surface area contributed by atoms with Crippen LogP contribution in [0.3, 0.4) is 0 Å². The van der Waals surface area contributed by atoms with E-state index in [1.807, 2.05) is 29.9 Å². The Balaban J connectivity index is 1.72. The van der Waals surface area contributed by atoms with Crippen molar-refractivity contribution in [2.24, 2.45) is 14.1 Å². The Hall–Kier alpha value is -3.64. The number of aryl methyl sites for hydroxylation is 2. The van der Waals surface area contributed by atoms with Crippen LogP contribution in [0.15, 0.2) is 42.7 Å². The van der Waals surface area contributed by atoms with Gasteiger partial charge in [-0.25, -0.2) is 4.98 Å². The number of tetrazole rings is 1. The summed E-state index contributed by atoms with van der Waals surface area (Å²) >= 11 is 0. The monoisotopic (exact) mass is 469 g/mol. The van der Waals surface area contributed by atoms with E-state index >= 15 is 0 Å². The second-order valence-electron chi connectivity index (χ2n) is 7.53. The highest BCUT2D eigenvalue weighted by molar-refractivity contribution is 5.76. The lowest BCUT2D eigenvalue weighted by Crippen LogP contribution is -2.24. The molecule has 0 unspecified atom stereocenters. The summed E-state index contributed by atoms with van der Waals surface area (Å²) in [7, 11) is 3.33. The largest absolute Gasteiger partial charge is 0.416 e. The van der Waals surface area contributed by atoms with E-state index in [0.29, 0.717) is 17.7 Å². The summed E-state index contributed by atoms with van der Waals surface area (Å²) in [4.78, 5) is 6.96. The first kappa shape index (κ1) is 22.6. The van der Waals surface area contributed by atoms with Crippen molar-refractivity contribution in [3.8, 4) is 0 Å². The van der Waals surface area contributed by atoms with Crippen LogP contribution in [-0.4, -0.2) is 29.8 Å². The van der Waals surface area contributed by atoms with Crippen molar-refractivity contribution in [1.82, 2.24) is 29.8 Å². The highest BCUT2D eigenvalue weighted by atomic mass is 19.4. The average molecular weight is 469 g/mol. The van der Waals surface area contributed by atoms with Gasteiger partial charge in [-0.15, -0.1) is 5.10 Å². The molecule has 7 nitrogen and oxygen atoms in total. The Morgan fingerprint density at radius 2 is 1.52 bits per heavy atom. The number of alkyl halides is 6. The molecule has 0 atom stereocenters. The predicted octanol–water partition coefficient (Wildman–Crippen LogP) is 4.34. The molecule has 3 heterocycles. The van der Waals surface area contributed by atoms with E-state index in [9.17, 15) is 26.3 Å². The fraction of sp³-hybridized carbons (Fsp3) is 0.300. The minimum atomic E-state index is -4.94. The maximum Gasteiger partial charge on any atom is 0.416 e. The molecule has 174 valence electrons. The van der Waals surface area contributed by atoms with E-state index in [1.165, 1.54) is 11.9 Å². The smallest absolute Gasteiger partial charge is 0.336 e. The number of nitrogens with zero attached hydrogens (tertiary/aromatic N) is 7. The van der Waals surface area contributed by atoms with Crippen molar-refractivity contribution in [3.05, 3.63) is 65.0 Å². The maximum absolute atomic E-state index is 13.3. The number of hydrogen-bond acceptors (Lipinski definition) is 5. The molecule has 0 N–H and O–H groups in total. The fourth-order valence-electron chi connectivity index (χ4n) is 3.44. The highest BCUT2D eigenvalue weighted by Crippen LogP contribution is 2.36. The highest BCUT2D eigenvalue weighted by Gasteiger charge is 2.37. The zero-order valence-electron chi connectivity index (χ0n) is 17.4. The minimum absolute atomic E-state index is 0.0524. The average Bonchev–Trinajstić information content (AvgIpc) is 3.32. The molecule has 0 fully saturated rings. The molecule has 0 saturated carbocycles. The SMILES string of the molecule is Cn1nnc(N(Cc2cc(C(F)(F)F)cc(C(F)(F)F)c2)Cc2cnc3c(ccn3C)c2)n1. The summed E-state index contributed by atoms with van der Waals surface area (Å²) in [5.74, 6) is 0.0524. The van der Waals surface area contributed by atoms with Crippen LogP contribution in [0.25, 0.3) is 11.0 Å². The van der Waals surface area contributed by atoms with E-state index in [2.05, 4.69) is 20.4 Å². The van der Waals surface area contributed by atoms with Crippen molar-refractivity contribution in [1.29, 1.82) is 0 Å². The van der Waals surface area contributed by atoms with Crippen LogP contribution in [0, 0.1) is 0 Å². The maximum atomic E-state index is 13.3. The molecule has 13 heteroatoms. The van der Waals surface area contributed by atoms with Gasteiger partial charge in [-0.3, -0.25) is 0 Å². The summed E-state index contributed by atoms with van der Waals surface area (Å²) < 4.78 is 81.4. The summed E-state index contributed by atoms with van der Waals surface area (Å²) in [6.45, 7) is -0.230. The number of fused-ring (bicyclic) bond motifs is 1. The third-order valence-corrected chi connectivity index (χ3v) is 4.94.